The molecule has 3 nitrogen and oxygen atoms in total. The normalized spacial score (nSPS) is 10.6. The maximum absolute atomic E-state index is 13.5. The molecular weight excluding hydrogens is 233 g/mol. The Bertz CT molecular complexity index is 628. The summed E-state index contributed by atoms with van der Waals surface area (Å²) in [6.45, 7) is 7.62. The molecule has 4 heteroatoms. The van der Waals surface area contributed by atoms with Crippen LogP contribution in [0.4, 0.5) is 4.39 Å². The number of hydrogen-bond acceptors (Lipinski definition) is 2. The minimum Gasteiger partial charge on any atom is -0.448 e. The van der Waals surface area contributed by atoms with Gasteiger partial charge in [0.25, 0.3) is 5.91 Å². The van der Waals surface area contributed by atoms with E-state index in [1.807, 2.05) is 6.92 Å². The number of furan rings is 1. The van der Waals surface area contributed by atoms with E-state index in [9.17, 15) is 9.18 Å². The molecule has 18 heavy (non-hydrogen) atoms. The van der Waals surface area contributed by atoms with Crippen molar-refractivity contribution in [2.24, 2.45) is 0 Å². The molecule has 1 aromatic carbocycles. The van der Waals surface area contributed by atoms with Gasteiger partial charge in [-0.2, -0.15) is 0 Å². The predicted octanol–water partition coefficient (Wildman–Crippen LogP) is 3.19. The van der Waals surface area contributed by atoms with Crippen LogP contribution in [0.1, 0.15) is 23.0 Å². The molecule has 0 aliphatic rings. The number of carbonyl (C=O) groups is 1. The van der Waals surface area contributed by atoms with Crippen molar-refractivity contribution in [3.8, 4) is 0 Å². The topological polar surface area (TPSA) is 42.2 Å². The third-order valence-electron chi connectivity index (χ3n) is 2.67. The van der Waals surface area contributed by atoms with Crippen LogP contribution < -0.4 is 5.32 Å². The molecule has 0 fully saturated rings. The zero-order valence-corrected chi connectivity index (χ0v) is 10.3. The number of hydrogen-bond donors (Lipinski definition) is 1. The van der Waals surface area contributed by atoms with Gasteiger partial charge >= 0.3 is 0 Å². The molecule has 0 radical (unpaired) electrons. The van der Waals surface area contributed by atoms with Crippen molar-refractivity contribution >= 4 is 16.9 Å². The molecule has 1 N–H and O–H groups in total. The summed E-state index contributed by atoms with van der Waals surface area (Å²) in [4.78, 5) is 11.9. The molecule has 1 amide bonds. The molecule has 94 valence electrons. The predicted molar refractivity (Wildman–Crippen MR) is 68.1 cm³/mol. The lowest BCUT2D eigenvalue weighted by Crippen LogP contribution is -2.24. The van der Waals surface area contributed by atoms with Crippen LogP contribution >= 0.6 is 0 Å². The summed E-state index contributed by atoms with van der Waals surface area (Å²) in [5.41, 5.74) is 1.60. The standard InChI is InChI=1S/C14H14FNO2/c1-8(2)7-16-14(17)12-9(3)10-5-4-6-11(15)13(10)18-12/h4-6H,1,7H2,2-3H3,(H,16,17). The van der Waals surface area contributed by atoms with Crippen molar-refractivity contribution in [2.45, 2.75) is 13.8 Å². The van der Waals surface area contributed by atoms with Gasteiger partial charge in [0, 0.05) is 17.5 Å². The van der Waals surface area contributed by atoms with E-state index in [-0.39, 0.29) is 17.3 Å². The zero-order chi connectivity index (χ0) is 13.3. The maximum atomic E-state index is 13.5. The fraction of sp³-hybridized carbons (Fsp3) is 0.214. The summed E-state index contributed by atoms with van der Waals surface area (Å²) < 4.78 is 18.8. The minimum atomic E-state index is -0.463. The van der Waals surface area contributed by atoms with Crippen molar-refractivity contribution in [2.75, 3.05) is 6.54 Å². The Balaban J connectivity index is 2.40. The lowest BCUT2D eigenvalue weighted by molar-refractivity contribution is 0.0930. The van der Waals surface area contributed by atoms with Crippen molar-refractivity contribution in [1.82, 2.24) is 5.32 Å². The van der Waals surface area contributed by atoms with Crippen molar-refractivity contribution < 1.29 is 13.6 Å². The largest absolute Gasteiger partial charge is 0.448 e. The highest BCUT2D eigenvalue weighted by Crippen LogP contribution is 2.27. The van der Waals surface area contributed by atoms with Gasteiger partial charge in [0.05, 0.1) is 0 Å². The lowest BCUT2D eigenvalue weighted by atomic mass is 10.1. The van der Waals surface area contributed by atoms with E-state index < -0.39 is 5.82 Å². The fourth-order valence-electron chi connectivity index (χ4n) is 1.74. The quantitative estimate of drug-likeness (QED) is 0.846. The van der Waals surface area contributed by atoms with Crippen LogP contribution in [0.5, 0.6) is 0 Å². The smallest absolute Gasteiger partial charge is 0.287 e. The highest BCUT2D eigenvalue weighted by Gasteiger charge is 2.18. The van der Waals surface area contributed by atoms with E-state index in [1.165, 1.54) is 6.07 Å². The highest BCUT2D eigenvalue weighted by atomic mass is 19.1. The van der Waals surface area contributed by atoms with Crippen LogP contribution in [0, 0.1) is 12.7 Å². The molecule has 1 aromatic heterocycles. The first-order chi connectivity index (χ1) is 8.50. The molecule has 0 bridgehead atoms. The molecule has 1 heterocycles. The van der Waals surface area contributed by atoms with Crippen LogP contribution in [0.25, 0.3) is 11.0 Å². The average Bonchev–Trinajstić information content (AvgIpc) is 2.66. The third-order valence-corrected chi connectivity index (χ3v) is 2.67. The molecule has 0 spiro atoms. The van der Waals surface area contributed by atoms with Gasteiger partial charge in [0.1, 0.15) is 0 Å². The molecule has 0 saturated carbocycles. The molecular formula is C14H14FNO2. The zero-order valence-electron chi connectivity index (χ0n) is 10.3. The number of amides is 1. The molecule has 0 aliphatic heterocycles. The van der Waals surface area contributed by atoms with E-state index in [2.05, 4.69) is 11.9 Å². The fourth-order valence-corrected chi connectivity index (χ4v) is 1.74. The van der Waals surface area contributed by atoms with Crippen LogP contribution in [-0.2, 0) is 0 Å². The SMILES string of the molecule is C=C(C)CNC(=O)c1oc2c(F)cccc2c1C. The summed E-state index contributed by atoms with van der Waals surface area (Å²) in [6.07, 6.45) is 0. The van der Waals surface area contributed by atoms with Gasteiger partial charge in [-0.05, 0) is 19.9 Å². The molecule has 2 aromatic rings. The third kappa shape index (κ3) is 2.14. The van der Waals surface area contributed by atoms with Crippen LogP contribution in [0.3, 0.4) is 0 Å². The first kappa shape index (κ1) is 12.4. The number of nitrogens with one attached hydrogen (secondary N) is 1. The summed E-state index contributed by atoms with van der Waals surface area (Å²) in [5, 5.41) is 3.29. The van der Waals surface area contributed by atoms with Gasteiger partial charge in [0.15, 0.2) is 17.2 Å². The molecule has 2 rings (SSSR count). The van der Waals surface area contributed by atoms with Crippen molar-refractivity contribution in [3.63, 3.8) is 0 Å². The number of benzene rings is 1. The Hall–Kier alpha value is -2.10. The van der Waals surface area contributed by atoms with E-state index >= 15 is 0 Å². The second-order valence-electron chi connectivity index (χ2n) is 4.31. The summed E-state index contributed by atoms with van der Waals surface area (Å²) >= 11 is 0. The molecule has 0 unspecified atom stereocenters. The van der Waals surface area contributed by atoms with Crippen molar-refractivity contribution in [3.05, 3.63) is 47.5 Å². The lowest BCUT2D eigenvalue weighted by Gasteiger charge is -2.02. The van der Waals surface area contributed by atoms with Gasteiger partial charge in [-0.1, -0.05) is 24.3 Å². The van der Waals surface area contributed by atoms with Crippen LogP contribution in [0.15, 0.2) is 34.8 Å². The van der Waals surface area contributed by atoms with E-state index in [1.54, 1.807) is 19.1 Å². The van der Waals surface area contributed by atoms with E-state index in [4.69, 9.17) is 4.42 Å². The molecule has 0 saturated heterocycles. The minimum absolute atomic E-state index is 0.121. The number of rotatable bonds is 3. The number of para-hydroxylation sites is 1. The number of aryl methyl sites for hydroxylation is 1. The Morgan fingerprint density at radius 1 is 1.50 bits per heavy atom. The van der Waals surface area contributed by atoms with E-state index in [0.29, 0.717) is 17.5 Å². The van der Waals surface area contributed by atoms with Gasteiger partial charge in [-0.3, -0.25) is 4.79 Å². The number of fused-ring (bicyclic) bond motifs is 1. The Morgan fingerprint density at radius 3 is 2.83 bits per heavy atom. The highest BCUT2D eigenvalue weighted by molar-refractivity contribution is 5.99. The summed E-state index contributed by atoms with van der Waals surface area (Å²) in [5.74, 6) is -0.669. The summed E-state index contributed by atoms with van der Waals surface area (Å²) in [6, 6.07) is 4.63. The average molecular weight is 247 g/mol. The monoisotopic (exact) mass is 247 g/mol. The Morgan fingerprint density at radius 2 is 2.22 bits per heavy atom. The number of halogens is 1. The maximum Gasteiger partial charge on any atom is 0.287 e. The second kappa shape index (κ2) is 4.64. The summed E-state index contributed by atoms with van der Waals surface area (Å²) in [7, 11) is 0. The second-order valence-corrected chi connectivity index (χ2v) is 4.31. The van der Waals surface area contributed by atoms with Gasteiger partial charge < -0.3 is 9.73 Å². The van der Waals surface area contributed by atoms with Gasteiger partial charge in [-0.25, -0.2) is 4.39 Å². The van der Waals surface area contributed by atoms with Crippen LogP contribution in [-0.4, -0.2) is 12.5 Å². The van der Waals surface area contributed by atoms with E-state index in [0.717, 1.165) is 5.57 Å². The molecule has 0 aliphatic carbocycles. The van der Waals surface area contributed by atoms with Crippen LogP contribution in [0.2, 0.25) is 0 Å². The van der Waals surface area contributed by atoms with Crippen molar-refractivity contribution in [1.29, 1.82) is 0 Å². The molecule has 0 atom stereocenters. The Labute approximate surface area is 104 Å². The number of carbonyl (C=O) groups excluding carboxylic acids is 1. The van der Waals surface area contributed by atoms with Gasteiger partial charge in [0.2, 0.25) is 0 Å². The first-order valence-corrected chi connectivity index (χ1v) is 5.61. The Kier molecular flexibility index (Phi) is 3.19. The first-order valence-electron chi connectivity index (χ1n) is 5.61. The van der Waals surface area contributed by atoms with Gasteiger partial charge in [-0.15, -0.1) is 0 Å².